The highest BCUT2D eigenvalue weighted by Crippen LogP contribution is 2.36. The van der Waals surface area contributed by atoms with Crippen LogP contribution in [-0.4, -0.2) is 25.1 Å². The summed E-state index contributed by atoms with van der Waals surface area (Å²) in [6.07, 6.45) is 5.27. The molecule has 1 aromatic rings. The molecule has 0 amide bonds. The van der Waals surface area contributed by atoms with Crippen LogP contribution in [0, 0.1) is 6.92 Å². The first-order chi connectivity index (χ1) is 9.77. The summed E-state index contributed by atoms with van der Waals surface area (Å²) >= 11 is 0. The first-order valence-electron chi connectivity index (χ1n) is 7.44. The van der Waals surface area contributed by atoms with Crippen LogP contribution >= 0.6 is 0 Å². The molecular weight excluding hydrogens is 256 g/mol. The highest BCUT2D eigenvalue weighted by atomic mass is 17.2. The maximum Gasteiger partial charge on any atom is 0.202 e. The van der Waals surface area contributed by atoms with E-state index in [1.54, 1.807) is 0 Å². The van der Waals surface area contributed by atoms with Gasteiger partial charge < -0.3 is 9.47 Å². The number of ether oxygens (including phenoxy) is 2. The molecule has 0 N–H and O–H groups in total. The molecule has 1 heterocycles. The van der Waals surface area contributed by atoms with Crippen LogP contribution in [0.25, 0.3) is 0 Å². The summed E-state index contributed by atoms with van der Waals surface area (Å²) in [6.45, 7) is 2.96. The third kappa shape index (κ3) is 3.14. The zero-order chi connectivity index (χ0) is 13.8. The first-order valence-corrected chi connectivity index (χ1v) is 7.44. The monoisotopic (exact) mass is 278 g/mol. The Bertz CT molecular complexity index is 434. The Labute approximate surface area is 119 Å². The lowest BCUT2D eigenvalue weighted by Crippen LogP contribution is -2.49. The minimum atomic E-state index is -0.531. The molecule has 1 aliphatic carbocycles. The highest BCUT2D eigenvalue weighted by molar-refractivity contribution is 5.31. The highest BCUT2D eigenvalue weighted by Gasteiger charge is 2.41. The number of benzene rings is 1. The van der Waals surface area contributed by atoms with Gasteiger partial charge in [-0.2, -0.15) is 0 Å². The van der Waals surface area contributed by atoms with Crippen molar-refractivity contribution in [1.29, 1.82) is 0 Å². The van der Waals surface area contributed by atoms with Crippen molar-refractivity contribution in [3.63, 3.8) is 0 Å². The molecule has 1 atom stereocenters. The molecule has 1 aliphatic heterocycles. The van der Waals surface area contributed by atoms with Crippen LogP contribution in [0.3, 0.4) is 0 Å². The smallest absolute Gasteiger partial charge is 0.202 e. The van der Waals surface area contributed by atoms with Crippen LogP contribution in [0.2, 0.25) is 0 Å². The van der Waals surface area contributed by atoms with Crippen molar-refractivity contribution in [2.24, 2.45) is 0 Å². The van der Waals surface area contributed by atoms with Crippen LogP contribution in [0.15, 0.2) is 24.3 Å². The topological polar surface area (TPSA) is 36.9 Å². The molecule has 4 heteroatoms. The molecule has 20 heavy (non-hydrogen) atoms. The van der Waals surface area contributed by atoms with E-state index in [9.17, 15) is 0 Å². The van der Waals surface area contributed by atoms with Gasteiger partial charge in [-0.15, -0.1) is 0 Å². The lowest BCUT2D eigenvalue weighted by Gasteiger charge is -2.41. The van der Waals surface area contributed by atoms with Gasteiger partial charge >= 0.3 is 0 Å². The van der Waals surface area contributed by atoms with Gasteiger partial charge in [-0.05, 0) is 31.4 Å². The number of rotatable bonds is 3. The maximum absolute atomic E-state index is 6.10. The number of hydrogen-bond donors (Lipinski definition) is 0. The fraction of sp³-hybridized carbons (Fsp3) is 0.625. The van der Waals surface area contributed by atoms with Crippen LogP contribution < -0.4 is 4.74 Å². The molecule has 2 fully saturated rings. The Morgan fingerprint density at radius 1 is 1.20 bits per heavy atom. The molecule has 1 saturated carbocycles. The van der Waals surface area contributed by atoms with E-state index in [0.29, 0.717) is 13.2 Å². The van der Waals surface area contributed by atoms with E-state index < -0.39 is 5.79 Å². The molecule has 0 bridgehead atoms. The van der Waals surface area contributed by atoms with Crippen molar-refractivity contribution >= 4 is 0 Å². The Kier molecular flexibility index (Phi) is 4.24. The van der Waals surface area contributed by atoms with Crippen molar-refractivity contribution in [1.82, 2.24) is 0 Å². The van der Waals surface area contributed by atoms with Gasteiger partial charge in [0.25, 0.3) is 0 Å². The average Bonchev–Trinajstić information content (AvgIpc) is 2.47. The number of para-hydroxylation sites is 1. The summed E-state index contributed by atoms with van der Waals surface area (Å²) in [5.74, 6) is 0.372. The Morgan fingerprint density at radius 2 is 2.00 bits per heavy atom. The van der Waals surface area contributed by atoms with E-state index in [1.165, 1.54) is 6.42 Å². The molecule has 2 aliphatic rings. The average molecular weight is 278 g/mol. The van der Waals surface area contributed by atoms with E-state index in [2.05, 4.69) is 0 Å². The lowest BCUT2D eigenvalue weighted by molar-refractivity contribution is -0.486. The molecule has 0 radical (unpaired) electrons. The Hall–Kier alpha value is -1.10. The van der Waals surface area contributed by atoms with E-state index in [0.717, 1.165) is 37.0 Å². The van der Waals surface area contributed by atoms with E-state index in [-0.39, 0.29) is 6.10 Å². The van der Waals surface area contributed by atoms with Crippen LogP contribution in [0.5, 0.6) is 5.75 Å². The van der Waals surface area contributed by atoms with Crippen molar-refractivity contribution in [3.8, 4) is 5.75 Å². The molecule has 110 valence electrons. The lowest BCUT2D eigenvalue weighted by atomic mass is 9.94. The minimum Gasteiger partial charge on any atom is -0.491 e. The number of aryl methyl sites for hydroxylation is 1. The van der Waals surface area contributed by atoms with Crippen molar-refractivity contribution in [2.45, 2.75) is 50.9 Å². The third-order valence-electron chi connectivity index (χ3n) is 3.98. The second-order valence-corrected chi connectivity index (χ2v) is 5.66. The molecular formula is C16H22O4. The summed E-state index contributed by atoms with van der Waals surface area (Å²) in [5.41, 5.74) is 1.13. The zero-order valence-electron chi connectivity index (χ0n) is 12.0. The normalized spacial score (nSPS) is 25.6. The molecule has 1 spiro atoms. The van der Waals surface area contributed by atoms with Crippen LogP contribution in [0.4, 0.5) is 0 Å². The van der Waals surface area contributed by atoms with Crippen LogP contribution in [0.1, 0.15) is 37.7 Å². The molecule has 1 saturated heterocycles. The van der Waals surface area contributed by atoms with Gasteiger partial charge in [0.2, 0.25) is 5.79 Å². The molecule has 0 aromatic heterocycles. The molecule has 4 nitrogen and oxygen atoms in total. The SMILES string of the molecule is Cc1ccccc1OCC1COOC2(CCCCC2)O1. The van der Waals surface area contributed by atoms with Crippen LogP contribution in [-0.2, 0) is 14.5 Å². The quantitative estimate of drug-likeness (QED) is 0.794. The summed E-state index contributed by atoms with van der Waals surface area (Å²) in [4.78, 5) is 10.7. The van der Waals surface area contributed by atoms with Gasteiger partial charge in [-0.25, -0.2) is 9.78 Å². The number of hydrogen-bond acceptors (Lipinski definition) is 4. The summed E-state index contributed by atoms with van der Waals surface area (Å²) in [6, 6.07) is 8.00. The van der Waals surface area contributed by atoms with Crippen molar-refractivity contribution in [2.75, 3.05) is 13.2 Å². The maximum atomic E-state index is 6.10. The van der Waals surface area contributed by atoms with Gasteiger partial charge in [-0.3, -0.25) is 0 Å². The predicted molar refractivity (Wildman–Crippen MR) is 74.4 cm³/mol. The van der Waals surface area contributed by atoms with E-state index >= 15 is 0 Å². The Morgan fingerprint density at radius 3 is 2.80 bits per heavy atom. The largest absolute Gasteiger partial charge is 0.491 e. The second-order valence-electron chi connectivity index (χ2n) is 5.66. The summed E-state index contributed by atoms with van der Waals surface area (Å²) < 4.78 is 12.0. The van der Waals surface area contributed by atoms with Gasteiger partial charge in [0.05, 0.1) is 0 Å². The first kappa shape index (κ1) is 13.9. The van der Waals surface area contributed by atoms with E-state index in [4.69, 9.17) is 19.2 Å². The summed E-state index contributed by atoms with van der Waals surface area (Å²) in [5, 5.41) is 0. The van der Waals surface area contributed by atoms with E-state index in [1.807, 2.05) is 31.2 Å². The summed E-state index contributed by atoms with van der Waals surface area (Å²) in [7, 11) is 0. The third-order valence-corrected chi connectivity index (χ3v) is 3.98. The van der Waals surface area contributed by atoms with Crippen molar-refractivity contribution in [3.05, 3.63) is 29.8 Å². The van der Waals surface area contributed by atoms with Gasteiger partial charge in [0.15, 0.2) is 0 Å². The second kappa shape index (κ2) is 6.12. The Balaban J connectivity index is 1.56. The fourth-order valence-corrected chi connectivity index (χ4v) is 2.85. The molecule has 1 aromatic carbocycles. The minimum absolute atomic E-state index is 0.0681. The standard InChI is InChI=1S/C16H22O4/c1-13-7-3-4-8-15(13)17-11-14-12-18-20-16(19-14)9-5-2-6-10-16/h3-4,7-8,14H,2,5-6,9-12H2,1H3. The van der Waals surface area contributed by atoms with Gasteiger partial charge in [-0.1, -0.05) is 24.6 Å². The van der Waals surface area contributed by atoms with Gasteiger partial charge in [0.1, 0.15) is 25.1 Å². The fourth-order valence-electron chi connectivity index (χ4n) is 2.85. The predicted octanol–water partition coefficient (Wildman–Crippen LogP) is 3.38. The zero-order valence-corrected chi connectivity index (χ0v) is 12.0. The molecule has 1 unspecified atom stereocenters. The van der Waals surface area contributed by atoms with Crippen molar-refractivity contribution < 1.29 is 19.2 Å². The molecule has 3 rings (SSSR count). The van der Waals surface area contributed by atoms with Gasteiger partial charge in [0, 0.05) is 12.8 Å².